The van der Waals surface area contributed by atoms with E-state index in [9.17, 15) is 14.4 Å². The van der Waals surface area contributed by atoms with Gasteiger partial charge in [-0.05, 0) is 68.6 Å². The quantitative estimate of drug-likeness (QED) is 0.384. The number of aromatic nitrogens is 1. The number of anilines is 1. The number of fused-ring (bicyclic) bond motifs is 1. The highest BCUT2D eigenvalue weighted by molar-refractivity contribution is 7.12. The van der Waals surface area contributed by atoms with Crippen molar-refractivity contribution in [2.45, 2.75) is 38.8 Å². The molecule has 1 saturated heterocycles. The van der Waals surface area contributed by atoms with Crippen LogP contribution in [0.4, 0.5) is 5.69 Å². The van der Waals surface area contributed by atoms with Crippen molar-refractivity contribution in [2.24, 2.45) is 0 Å². The number of benzene rings is 2. The van der Waals surface area contributed by atoms with Crippen molar-refractivity contribution < 1.29 is 18.8 Å². The number of nitrogens with zero attached hydrogens (tertiary/aromatic N) is 3. The molecule has 0 aliphatic carbocycles. The van der Waals surface area contributed by atoms with E-state index in [1.165, 1.54) is 21.1 Å². The maximum absolute atomic E-state index is 13.4. The molecule has 0 radical (unpaired) electrons. The van der Waals surface area contributed by atoms with Gasteiger partial charge in [0, 0.05) is 11.1 Å². The molecule has 1 atom stereocenters. The van der Waals surface area contributed by atoms with Crippen LogP contribution in [0.25, 0.3) is 22.6 Å². The van der Waals surface area contributed by atoms with E-state index in [2.05, 4.69) is 4.98 Å². The zero-order valence-electron chi connectivity index (χ0n) is 19.0. The van der Waals surface area contributed by atoms with Crippen LogP contribution in [0.1, 0.15) is 36.9 Å². The molecule has 4 aromatic rings. The highest BCUT2D eigenvalue weighted by Crippen LogP contribution is 2.33. The van der Waals surface area contributed by atoms with E-state index in [0.29, 0.717) is 22.0 Å². The highest BCUT2D eigenvalue weighted by atomic mass is 32.1. The lowest BCUT2D eigenvalue weighted by Gasteiger charge is -2.38. The van der Waals surface area contributed by atoms with Crippen LogP contribution in [0.3, 0.4) is 0 Å². The third-order valence-electron chi connectivity index (χ3n) is 5.77. The molecular formula is C26H23N3O4S. The Morgan fingerprint density at radius 1 is 1.06 bits per heavy atom. The molecule has 0 saturated carbocycles. The Balaban J connectivity index is 1.43. The van der Waals surface area contributed by atoms with Crippen LogP contribution in [-0.2, 0) is 9.59 Å². The van der Waals surface area contributed by atoms with Crippen molar-refractivity contribution in [1.82, 2.24) is 9.88 Å². The lowest BCUT2D eigenvalue weighted by atomic mass is 10.0. The summed E-state index contributed by atoms with van der Waals surface area (Å²) in [6, 6.07) is 17.1. The standard InChI is InChI=1S/C26H23N3O4S/c1-26(2,3)29(25(32)21-9-6-14-34-21)19-15-22(30)28(24(19)31)17-12-10-16(11-13-17)23-27-18-7-4-5-8-20(18)33-23/h4-14,19H,15H2,1-3H3. The van der Waals surface area contributed by atoms with Crippen molar-refractivity contribution >= 4 is 45.8 Å². The topological polar surface area (TPSA) is 83.7 Å². The minimum Gasteiger partial charge on any atom is -0.436 e. The molecule has 0 N–H and O–H groups in total. The summed E-state index contributed by atoms with van der Waals surface area (Å²) >= 11 is 1.32. The summed E-state index contributed by atoms with van der Waals surface area (Å²) in [5, 5.41) is 1.82. The Hall–Kier alpha value is -3.78. The molecule has 5 rings (SSSR count). The minimum atomic E-state index is -0.862. The highest BCUT2D eigenvalue weighted by Gasteiger charge is 2.47. The molecule has 1 aliphatic heterocycles. The molecule has 0 spiro atoms. The zero-order valence-corrected chi connectivity index (χ0v) is 19.8. The number of hydrogen-bond acceptors (Lipinski definition) is 6. The summed E-state index contributed by atoms with van der Waals surface area (Å²) in [6.45, 7) is 5.61. The molecule has 2 aromatic heterocycles. The van der Waals surface area contributed by atoms with E-state index < -0.39 is 17.5 Å². The van der Waals surface area contributed by atoms with Crippen LogP contribution < -0.4 is 4.90 Å². The third kappa shape index (κ3) is 3.80. The molecule has 3 heterocycles. The fraction of sp³-hybridized carbons (Fsp3) is 0.231. The Kier molecular flexibility index (Phi) is 5.32. The normalized spacial score (nSPS) is 16.4. The number of para-hydroxylation sites is 2. The number of thiophene rings is 1. The average molecular weight is 474 g/mol. The summed E-state index contributed by atoms with van der Waals surface area (Å²) < 4.78 is 5.81. The molecule has 172 valence electrons. The molecule has 7 nitrogen and oxygen atoms in total. The van der Waals surface area contributed by atoms with Gasteiger partial charge in [-0.3, -0.25) is 14.4 Å². The number of hydrogen-bond donors (Lipinski definition) is 0. The number of imide groups is 1. The first kappa shape index (κ1) is 22.0. The maximum Gasteiger partial charge on any atom is 0.265 e. The van der Waals surface area contributed by atoms with Crippen molar-refractivity contribution in [3.63, 3.8) is 0 Å². The lowest BCUT2D eigenvalue weighted by molar-refractivity contribution is -0.123. The van der Waals surface area contributed by atoms with Gasteiger partial charge in [-0.2, -0.15) is 0 Å². The van der Waals surface area contributed by atoms with E-state index in [-0.39, 0.29) is 18.2 Å². The van der Waals surface area contributed by atoms with Crippen molar-refractivity contribution in [1.29, 1.82) is 0 Å². The van der Waals surface area contributed by atoms with Crippen molar-refractivity contribution in [3.05, 3.63) is 70.9 Å². The SMILES string of the molecule is CC(C)(C)N(C(=O)c1cccs1)C1CC(=O)N(c2ccc(-c3nc4ccccc4o3)cc2)C1=O. The summed E-state index contributed by atoms with van der Waals surface area (Å²) in [5.41, 5.74) is 1.99. The molecule has 1 fully saturated rings. The molecule has 2 aromatic carbocycles. The van der Waals surface area contributed by atoms with Gasteiger partial charge in [0.2, 0.25) is 11.8 Å². The Morgan fingerprint density at radius 2 is 1.79 bits per heavy atom. The monoisotopic (exact) mass is 473 g/mol. The van der Waals surface area contributed by atoms with Gasteiger partial charge in [-0.1, -0.05) is 18.2 Å². The number of carbonyl (C=O) groups is 3. The Morgan fingerprint density at radius 3 is 2.44 bits per heavy atom. The molecular weight excluding hydrogens is 450 g/mol. The van der Waals surface area contributed by atoms with Gasteiger partial charge >= 0.3 is 0 Å². The predicted molar refractivity (Wildman–Crippen MR) is 131 cm³/mol. The first-order valence-electron chi connectivity index (χ1n) is 10.9. The molecule has 0 bridgehead atoms. The Labute approximate surface area is 200 Å². The third-order valence-corrected chi connectivity index (χ3v) is 6.63. The molecule has 1 aliphatic rings. The zero-order chi connectivity index (χ0) is 24.0. The predicted octanol–water partition coefficient (Wildman–Crippen LogP) is 5.13. The second-order valence-electron chi connectivity index (χ2n) is 9.14. The van der Waals surface area contributed by atoms with E-state index in [1.54, 1.807) is 36.4 Å². The second kappa shape index (κ2) is 8.22. The van der Waals surface area contributed by atoms with E-state index in [4.69, 9.17) is 4.42 Å². The first-order valence-corrected chi connectivity index (χ1v) is 11.8. The average Bonchev–Trinajstić information content (AvgIpc) is 3.53. The fourth-order valence-electron chi connectivity index (χ4n) is 4.27. The number of amides is 3. The largest absolute Gasteiger partial charge is 0.436 e. The van der Waals surface area contributed by atoms with Crippen LogP contribution in [-0.4, -0.2) is 39.2 Å². The molecule has 1 unspecified atom stereocenters. The lowest BCUT2D eigenvalue weighted by Crippen LogP contribution is -2.54. The number of carbonyl (C=O) groups excluding carboxylic acids is 3. The van der Waals surface area contributed by atoms with Crippen LogP contribution in [0.2, 0.25) is 0 Å². The summed E-state index contributed by atoms with van der Waals surface area (Å²) in [5.74, 6) is -0.524. The van der Waals surface area contributed by atoms with Crippen molar-refractivity contribution in [2.75, 3.05) is 4.90 Å². The maximum atomic E-state index is 13.4. The van der Waals surface area contributed by atoms with E-state index >= 15 is 0 Å². The van der Waals surface area contributed by atoms with Gasteiger partial charge in [0.05, 0.1) is 17.0 Å². The summed E-state index contributed by atoms with van der Waals surface area (Å²) in [7, 11) is 0. The van der Waals surface area contributed by atoms with E-state index in [0.717, 1.165) is 11.1 Å². The number of oxazole rings is 1. The van der Waals surface area contributed by atoms with Gasteiger partial charge in [0.25, 0.3) is 11.8 Å². The van der Waals surface area contributed by atoms with Gasteiger partial charge < -0.3 is 9.32 Å². The van der Waals surface area contributed by atoms with Crippen LogP contribution in [0.15, 0.2) is 70.5 Å². The summed E-state index contributed by atoms with van der Waals surface area (Å²) in [4.78, 5) is 47.4. The van der Waals surface area contributed by atoms with Crippen LogP contribution in [0, 0.1) is 0 Å². The van der Waals surface area contributed by atoms with Gasteiger partial charge in [0.15, 0.2) is 5.58 Å². The van der Waals surface area contributed by atoms with Gasteiger partial charge in [-0.15, -0.1) is 11.3 Å². The van der Waals surface area contributed by atoms with Crippen LogP contribution in [0.5, 0.6) is 0 Å². The fourth-order valence-corrected chi connectivity index (χ4v) is 4.93. The van der Waals surface area contributed by atoms with E-state index in [1.807, 2.05) is 50.4 Å². The second-order valence-corrected chi connectivity index (χ2v) is 10.1. The minimum absolute atomic E-state index is 0.0555. The molecule has 8 heteroatoms. The van der Waals surface area contributed by atoms with Gasteiger partial charge in [-0.25, -0.2) is 9.88 Å². The molecule has 3 amide bonds. The first-order chi connectivity index (χ1) is 16.2. The smallest absolute Gasteiger partial charge is 0.265 e. The molecule has 34 heavy (non-hydrogen) atoms. The van der Waals surface area contributed by atoms with Gasteiger partial charge in [0.1, 0.15) is 11.6 Å². The number of rotatable bonds is 4. The Bertz CT molecular complexity index is 1350. The van der Waals surface area contributed by atoms with Crippen LogP contribution >= 0.6 is 11.3 Å². The summed E-state index contributed by atoms with van der Waals surface area (Å²) in [6.07, 6.45) is -0.0555. The van der Waals surface area contributed by atoms with Crippen molar-refractivity contribution in [3.8, 4) is 11.5 Å².